The first kappa shape index (κ1) is 11.4. The second-order valence-corrected chi connectivity index (χ2v) is 6.18. The Morgan fingerprint density at radius 2 is 2.10 bits per heavy atom. The molecule has 3 heterocycles. The van der Waals surface area contributed by atoms with Crippen LogP contribution in [0.3, 0.4) is 0 Å². The van der Waals surface area contributed by atoms with Crippen LogP contribution in [0.15, 0.2) is 21.2 Å². The van der Waals surface area contributed by atoms with Crippen molar-refractivity contribution in [3.8, 4) is 11.5 Å². The third kappa shape index (κ3) is 1.78. The number of nitrogens with zero attached hydrogens (tertiary/aromatic N) is 4. The van der Waals surface area contributed by atoms with Crippen LogP contribution in [0.5, 0.6) is 0 Å². The molecule has 6 heteroatoms. The number of fused-ring (bicyclic) bond motifs is 1. The Hall–Kier alpha value is -2.24. The van der Waals surface area contributed by atoms with Crippen LogP contribution < -0.4 is 0 Å². The highest BCUT2D eigenvalue weighted by Gasteiger charge is 2.38. The molecule has 106 valence electrons. The number of pyridine rings is 1. The Kier molecular flexibility index (Phi) is 2.12. The summed E-state index contributed by atoms with van der Waals surface area (Å²) in [5, 5.41) is 13.4. The molecule has 3 aromatic heterocycles. The number of hydrogen-bond acceptors (Lipinski definition) is 6. The number of aromatic nitrogens is 4. The van der Waals surface area contributed by atoms with E-state index in [0.29, 0.717) is 29.4 Å². The lowest BCUT2D eigenvalue weighted by Gasteiger charge is -1.95. The van der Waals surface area contributed by atoms with Gasteiger partial charge in [0.25, 0.3) is 5.71 Å². The lowest BCUT2D eigenvalue weighted by Crippen LogP contribution is -1.83. The summed E-state index contributed by atoms with van der Waals surface area (Å²) in [6.45, 7) is 2.20. The highest BCUT2D eigenvalue weighted by atomic mass is 16.5. The molecule has 2 fully saturated rings. The van der Waals surface area contributed by atoms with Gasteiger partial charge >= 0.3 is 0 Å². The van der Waals surface area contributed by atoms with Crippen LogP contribution in [0.4, 0.5) is 0 Å². The monoisotopic (exact) mass is 282 g/mol. The lowest BCUT2D eigenvalue weighted by atomic mass is 10.1. The average molecular weight is 282 g/mol. The Morgan fingerprint density at radius 1 is 1.24 bits per heavy atom. The van der Waals surface area contributed by atoms with Gasteiger partial charge < -0.3 is 8.94 Å². The second kappa shape index (κ2) is 3.90. The van der Waals surface area contributed by atoms with Crippen molar-refractivity contribution in [3.05, 3.63) is 23.8 Å². The molecule has 5 rings (SSSR count). The summed E-state index contributed by atoms with van der Waals surface area (Å²) in [7, 11) is 0. The van der Waals surface area contributed by atoms with Gasteiger partial charge in [0.1, 0.15) is 0 Å². The van der Waals surface area contributed by atoms with Gasteiger partial charge in [0, 0.05) is 18.0 Å². The maximum absolute atomic E-state index is 5.79. The van der Waals surface area contributed by atoms with E-state index in [1.54, 1.807) is 6.20 Å². The molecule has 0 amide bonds. The Labute approximate surface area is 120 Å². The maximum atomic E-state index is 5.79. The molecule has 3 aromatic rings. The fraction of sp³-hybridized carbons (Fsp3) is 0.467. The molecule has 0 radical (unpaired) electrons. The summed E-state index contributed by atoms with van der Waals surface area (Å²) in [6, 6.07) is 2.00. The highest BCUT2D eigenvalue weighted by Crippen LogP contribution is 2.47. The predicted molar refractivity (Wildman–Crippen MR) is 73.6 cm³/mol. The quantitative estimate of drug-likeness (QED) is 0.733. The van der Waals surface area contributed by atoms with Gasteiger partial charge in [-0.1, -0.05) is 12.1 Å². The van der Waals surface area contributed by atoms with E-state index in [1.165, 1.54) is 12.8 Å². The zero-order valence-electron chi connectivity index (χ0n) is 11.6. The van der Waals surface area contributed by atoms with Crippen LogP contribution in [-0.4, -0.2) is 20.3 Å². The smallest absolute Gasteiger partial charge is 0.257 e. The minimum Gasteiger partial charge on any atom is -0.420 e. The van der Waals surface area contributed by atoms with Crippen molar-refractivity contribution >= 4 is 11.1 Å². The van der Waals surface area contributed by atoms with Crippen molar-refractivity contribution < 1.29 is 8.94 Å². The Balaban J connectivity index is 1.57. The minimum absolute atomic E-state index is 0.431. The topological polar surface area (TPSA) is 77.8 Å². The molecule has 2 saturated carbocycles. The third-order valence-corrected chi connectivity index (χ3v) is 4.44. The van der Waals surface area contributed by atoms with Crippen molar-refractivity contribution in [2.24, 2.45) is 5.92 Å². The largest absolute Gasteiger partial charge is 0.420 e. The fourth-order valence-electron chi connectivity index (χ4n) is 2.79. The van der Waals surface area contributed by atoms with E-state index < -0.39 is 0 Å². The van der Waals surface area contributed by atoms with E-state index in [1.807, 2.05) is 6.07 Å². The average Bonchev–Trinajstić information content (AvgIpc) is 3.37. The van der Waals surface area contributed by atoms with Crippen molar-refractivity contribution in [1.82, 2.24) is 20.3 Å². The molecule has 2 aliphatic carbocycles. The molecule has 0 saturated heterocycles. The summed E-state index contributed by atoms with van der Waals surface area (Å²) < 4.78 is 11.1. The number of rotatable bonds is 3. The van der Waals surface area contributed by atoms with Gasteiger partial charge in [-0.25, -0.2) is 4.98 Å². The lowest BCUT2D eigenvalue weighted by molar-refractivity contribution is 0.439. The molecule has 0 spiro atoms. The molecule has 0 bridgehead atoms. The van der Waals surface area contributed by atoms with Crippen molar-refractivity contribution in [1.29, 1.82) is 0 Å². The Morgan fingerprint density at radius 3 is 2.86 bits per heavy atom. The molecule has 21 heavy (non-hydrogen) atoms. The van der Waals surface area contributed by atoms with Gasteiger partial charge in [0.2, 0.25) is 11.8 Å². The highest BCUT2D eigenvalue weighted by molar-refractivity contribution is 5.81. The van der Waals surface area contributed by atoms with Crippen LogP contribution in [0.1, 0.15) is 49.6 Å². The van der Waals surface area contributed by atoms with Gasteiger partial charge in [-0.2, -0.15) is 0 Å². The normalized spacial score (nSPS) is 24.6. The summed E-state index contributed by atoms with van der Waals surface area (Å²) in [5.74, 6) is 2.87. The van der Waals surface area contributed by atoms with Crippen molar-refractivity contribution in [3.63, 3.8) is 0 Å². The molecule has 0 aromatic carbocycles. The SMILES string of the molecule is CC1CC1c1nnc(-c2cnc3onc(C4CC4)c3c2)o1. The van der Waals surface area contributed by atoms with Crippen molar-refractivity contribution in [2.75, 3.05) is 0 Å². The summed E-state index contributed by atoms with van der Waals surface area (Å²) >= 11 is 0. The third-order valence-electron chi connectivity index (χ3n) is 4.44. The molecule has 2 unspecified atom stereocenters. The molecular weight excluding hydrogens is 268 g/mol. The Bertz CT molecular complexity index is 833. The zero-order chi connectivity index (χ0) is 14.0. The minimum atomic E-state index is 0.431. The van der Waals surface area contributed by atoms with Gasteiger partial charge in [-0.15, -0.1) is 10.2 Å². The van der Waals surface area contributed by atoms with E-state index in [2.05, 4.69) is 27.3 Å². The first-order valence-electron chi connectivity index (χ1n) is 7.38. The van der Waals surface area contributed by atoms with E-state index >= 15 is 0 Å². The molecule has 6 nitrogen and oxygen atoms in total. The fourth-order valence-corrected chi connectivity index (χ4v) is 2.79. The summed E-state index contributed by atoms with van der Waals surface area (Å²) in [4.78, 5) is 4.32. The van der Waals surface area contributed by atoms with Gasteiger partial charge in [-0.3, -0.25) is 0 Å². The molecule has 2 aliphatic rings. The number of hydrogen-bond donors (Lipinski definition) is 0. The van der Waals surface area contributed by atoms with E-state index in [-0.39, 0.29) is 0 Å². The molecule has 2 atom stereocenters. The zero-order valence-corrected chi connectivity index (χ0v) is 11.6. The van der Waals surface area contributed by atoms with Crippen LogP contribution in [-0.2, 0) is 0 Å². The maximum Gasteiger partial charge on any atom is 0.257 e. The van der Waals surface area contributed by atoms with E-state index in [9.17, 15) is 0 Å². The van der Waals surface area contributed by atoms with Gasteiger partial charge in [0.05, 0.1) is 16.6 Å². The molecule has 0 N–H and O–H groups in total. The summed E-state index contributed by atoms with van der Waals surface area (Å²) in [6.07, 6.45) is 5.19. The molecule has 0 aliphatic heterocycles. The van der Waals surface area contributed by atoms with E-state index in [4.69, 9.17) is 8.94 Å². The first-order valence-corrected chi connectivity index (χ1v) is 7.38. The first-order chi connectivity index (χ1) is 10.3. The predicted octanol–water partition coefficient (Wildman–Crippen LogP) is 3.27. The van der Waals surface area contributed by atoms with Crippen LogP contribution in [0, 0.1) is 5.92 Å². The molecular formula is C15H14N4O2. The van der Waals surface area contributed by atoms with Crippen LogP contribution >= 0.6 is 0 Å². The van der Waals surface area contributed by atoms with Crippen molar-refractivity contribution in [2.45, 2.75) is 38.0 Å². The van der Waals surface area contributed by atoms with Crippen LogP contribution in [0.2, 0.25) is 0 Å². The van der Waals surface area contributed by atoms with Gasteiger partial charge in [0.15, 0.2) is 0 Å². The summed E-state index contributed by atoms with van der Waals surface area (Å²) in [5.41, 5.74) is 2.42. The second-order valence-electron chi connectivity index (χ2n) is 6.18. The van der Waals surface area contributed by atoms with E-state index in [0.717, 1.165) is 29.0 Å². The standard InChI is InChI=1S/C15H14N4O2/c1-7-4-10(7)15-18-17-13(20-15)9-5-11-12(8-2-3-8)19-21-14(11)16-6-9/h5-8,10H,2-4H2,1H3. The van der Waals surface area contributed by atoms with Crippen LogP contribution in [0.25, 0.3) is 22.6 Å². The van der Waals surface area contributed by atoms with Gasteiger partial charge in [-0.05, 0) is 31.2 Å².